The van der Waals surface area contributed by atoms with Gasteiger partial charge in [-0.2, -0.15) is 0 Å². The van der Waals surface area contributed by atoms with Gasteiger partial charge in [-0.3, -0.25) is 9.78 Å². The summed E-state index contributed by atoms with van der Waals surface area (Å²) in [5, 5.41) is 3.84. The molecule has 0 aliphatic rings. The Morgan fingerprint density at radius 1 is 1.10 bits per heavy atom. The van der Waals surface area contributed by atoms with Crippen LogP contribution in [0.5, 0.6) is 0 Å². The molecule has 1 atom stereocenters. The van der Waals surface area contributed by atoms with Crippen LogP contribution in [0.3, 0.4) is 0 Å². The highest BCUT2D eigenvalue weighted by molar-refractivity contribution is 5.91. The molecular weight excluding hydrogens is 365 g/mol. The number of nitrogens with zero attached hydrogens (tertiary/aromatic N) is 1. The summed E-state index contributed by atoms with van der Waals surface area (Å²) in [5.41, 5.74) is 4.78. The molecule has 1 unspecified atom stereocenters. The molecule has 0 aliphatic carbocycles. The van der Waals surface area contributed by atoms with Crippen LogP contribution in [-0.2, 0) is 11.2 Å². The van der Waals surface area contributed by atoms with Crippen LogP contribution in [0.2, 0.25) is 0 Å². The molecule has 0 fully saturated rings. The van der Waals surface area contributed by atoms with E-state index in [-0.39, 0.29) is 17.8 Å². The fourth-order valence-electron chi connectivity index (χ4n) is 3.62. The van der Waals surface area contributed by atoms with Gasteiger partial charge < -0.3 is 10.3 Å². The molecule has 1 amide bonds. The molecular formula is C24H22FN3O. The first kappa shape index (κ1) is 18.9. The van der Waals surface area contributed by atoms with Crippen molar-refractivity contribution in [3.05, 3.63) is 90.0 Å². The van der Waals surface area contributed by atoms with E-state index in [1.165, 1.54) is 12.1 Å². The van der Waals surface area contributed by atoms with Crippen molar-refractivity contribution < 1.29 is 9.18 Å². The van der Waals surface area contributed by atoms with E-state index in [1.54, 1.807) is 18.5 Å². The Kier molecular flexibility index (Phi) is 5.38. The monoisotopic (exact) mass is 387 g/mol. The minimum Gasteiger partial charge on any atom is -0.354 e. The number of aromatic amines is 1. The molecule has 29 heavy (non-hydrogen) atoms. The maximum atomic E-state index is 13.9. The van der Waals surface area contributed by atoms with Crippen molar-refractivity contribution in [3.63, 3.8) is 0 Å². The van der Waals surface area contributed by atoms with Gasteiger partial charge in [-0.15, -0.1) is 0 Å². The largest absolute Gasteiger partial charge is 0.354 e. The minimum absolute atomic E-state index is 0.0425. The van der Waals surface area contributed by atoms with Gasteiger partial charge in [-0.1, -0.05) is 30.3 Å². The number of aryl methyl sites for hydroxylation is 1. The lowest BCUT2D eigenvalue weighted by atomic mass is 10.0. The molecule has 0 saturated carbocycles. The van der Waals surface area contributed by atoms with E-state index in [9.17, 15) is 9.18 Å². The van der Waals surface area contributed by atoms with Gasteiger partial charge >= 0.3 is 0 Å². The number of aromatic nitrogens is 2. The normalized spacial score (nSPS) is 12.1. The topological polar surface area (TPSA) is 57.8 Å². The van der Waals surface area contributed by atoms with Gasteiger partial charge in [0.2, 0.25) is 5.91 Å². The third-order valence-electron chi connectivity index (χ3n) is 5.12. The molecule has 146 valence electrons. The zero-order chi connectivity index (χ0) is 20.2. The van der Waals surface area contributed by atoms with Crippen LogP contribution in [0.25, 0.3) is 22.2 Å². The maximum Gasteiger partial charge on any atom is 0.220 e. The molecule has 0 spiro atoms. The smallest absolute Gasteiger partial charge is 0.220 e. The molecule has 2 aromatic heterocycles. The SMILES string of the molecule is CC(NC(=O)CCc1c(-c2ccccc2)[nH]c2ccc(F)cc12)c1ccncc1. The fraction of sp³-hybridized carbons (Fsp3) is 0.167. The van der Waals surface area contributed by atoms with E-state index in [4.69, 9.17) is 0 Å². The highest BCUT2D eigenvalue weighted by Gasteiger charge is 2.16. The van der Waals surface area contributed by atoms with Crippen molar-refractivity contribution in [2.24, 2.45) is 0 Å². The van der Waals surface area contributed by atoms with Gasteiger partial charge in [0.05, 0.1) is 6.04 Å². The minimum atomic E-state index is -0.284. The zero-order valence-electron chi connectivity index (χ0n) is 16.2. The first-order valence-electron chi connectivity index (χ1n) is 9.66. The zero-order valence-corrected chi connectivity index (χ0v) is 16.2. The number of H-pyrrole nitrogens is 1. The standard InChI is InChI=1S/C24H22FN3O/c1-16(17-11-13-26-14-12-17)27-23(29)10-8-20-21-15-19(25)7-9-22(21)28-24(20)18-5-3-2-4-6-18/h2-7,9,11-16,28H,8,10H2,1H3,(H,27,29). The van der Waals surface area contributed by atoms with Crippen molar-refractivity contribution in [2.75, 3.05) is 0 Å². The van der Waals surface area contributed by atoms with Crippen LogP contribution in [0.15, 0.2) is 73.1 Å². The van der Waals surface area contributed by atoms with Gasteiger partial charge in [0.15, 0.2) is 0 Å². The maximum absolute atomic E-state index is 13.9. The van der Waals surface area contributed by atoms with Crippen LogP contribution in [0, 0.1) is 5.82 Å². The van der Waals surface area contributed by atoms with E-state index >= 15 is 0 Å². The van der Waals surface area contributed by atoms with Gasteiger partial charge in [0.25, 0.3) is 0 Å². The summed E-state index contributed by atoms with van der Waals surface area (Å²) >= 11 is 0. The number of fused-ring (bicyclic) bond motifs is 1. The molecule has 0 aliphatic heterocycles. The molecule has 0 saturated heterocycles. The van der Waals surface area contributed by atoms with Gasteiger partial charge in [0.1, 0.15) is 5.82 Å². The molecule has 4 rings (SSSR count). The number of pyridine rings is 1. The van der Waals surface area contributed by atoms with Crippen LogP contribution in [0.4, 0.5) is 4.39 Å². The average Bonchev–Trinajstić information content (AvgIpc) is 3.11. The summed E-state index contributed by atoms with van der Waals surface area (Å²) in [6, 6.07) is 18.3. The highest BCUT2D eigenvalue weighted by Crippen LogP contribution is 2.31. The molecule has 2 N–H and O–H groups in total. The van der Waals surface area contributed by atoms with Crippen LogP contribution in [0.1, 0.15) is 30.5 Å². The molecule has 4 aromatic rings. The van der Waals surface area contributed by atoms with E-state index in [0.29, 0.717) is 12.8 Å². The number of hydrogen-bond acceptors (Lipinski definition) is 2. The Morgan fingerprint density at radius 3 is 2.62 bits per heavy atom. The predicted octanol–water partition coefficient (Wildman–Crippen LogP) is 5.18. The average molecular weight is 387 g/mol. The third-order valence-corrected chi connectivity index (χ3v) is 5.12. The third kappa shape index (κ3) is 4.19. The Labute approximate surface area is 168 Å². The van der Waals surface area contributed by atoms with Gasteiger partial charge in [-0.25, -0.2) is 4.39 Å². The van der Waals surface area contributed by atoms with Gasteiger partial charge in [0, 0.05) is 35.4 Å². The number of nitrogens with one attached hydrogen (secondary N) is 2. The molecule has 0 radical (unpaired) electrons. The quantitative estimate of drug-likeness (QED) is 0.479. The van der Waals surface area contributed by atoms with E-state index in [1.807, 2.05) is 49.4 Å². The Morgan fingerprint density at radius 2 is 1.86 bits per heavy atom. The van der Waals surface area contributed by atoms with Crippen LogP contribution < -0.4 is 5.32 Å². The summed E-state index contributed by atoms with van der Waals surface area (Å²) in [6.45, 7) is 1.95. The Balaban J connectivity index is 1.57. The lowest BCUT2D eigenvalue weighted by molar-refractivity contribution is -0.121. The summed E-state index contributed by atoms with van der Waals surface area (Å²) in [6.07, 6.45) is 4.26. The second kappa shape index (κ2) is 8.27. The molecule has 4 nitrogen and oxygen atoms in total. The number of halogens is 1. The van der Waals surface area contributed by atoms with Crippen molar-refractivity contribution >= 4 is 16.8 Å². The second-order valence-corrected chi connectivity index (χ2v) is 7.10. The number of carbonyl (C=O) groups is 1. The van der Waals surface area contributed by atoms with Crippen LogP contribution in [-0.4, -0.2) is 15.9 Å². The molecule has 2 heterocycles. The molecule has 2 aromatic carbocycles. The highest BCUT2D eigenvalue weighted by atomic mass is 19.1. The van der Waals surface area contributed by atoms with Crippen molar-refractivity contribution in [1.82, 2.24) is 15.3 Å². The first-order chi connectivity index (χ1) is 14.1. The predicted molar refractivity (Wildman–Crippen MR) is 113 cm³/mol. The number of rotatable bonds is 6. The fourth-order valence-corrected chi connectivity index (χ4v) is 3.62. The van der Waals surface area contributed by atoms with Crippen molar-refractivity contribution in [3.8, 4) is 11.3 Å². The lowest BCUT2D eigenvalue weighted by Crippen LogP contribution is -2.26. The lowest BCUT2D eigenvalue weighted by Gasteiger charge is -2.14. The summed E-state index contributed by atoms with van der Waals surface area (Å²) in [5.74, 6) is -0.327. The second-order valence-electron chi connectivity index (χ2n) is 7.10. The number of amides is 1. The molecule has 5 heteroatoms. The Hall–Kier alpha value is -3.47. The van der Waals surface area contributed by atoms with Gasteiger partial charge in [-0.05, 0) is 60.4 Å². The summed E-state index contributed by atoms with van der Waals surface area (Å²) in [4.78, 5) is 20.0. The number of carbonyl (C=O) groups excluding carboxylic acids is 1. The van der Waals surface area contributed by atoms with Crippen LogP contribution >= 0.6 is 0 Å². The Bertz CT molecular complexity index is 1120. The summed E-state index contributed by atoms with van der Waals surface area (Å²) in [7, 11) is 0. The number of benzene rings is 2. The molecule has 0 bridgehead atoms. The number of hydrogen-bond donors (Lipinski definition) is 2. The van der Waals surface area contributed by atoms with Crippen molar-refractivity contribution in [2.45, 2.75) is 25.8 Å². The van der Waals surface area contributed by atoms with E-state index in [0.717, 1.165) is 33.3 Å². The summed E-state index contributed by atoms with van der Waals surface area (Å²) < 4.78 is 13.9. The van der Waals surface area contributed by atoms with Crippen molar-refractivity contribution in [1.29, 1.82) is 0 Å². The first-order valence-corrected chi connectivity index (χ1v) is 9.66. The van der Waals surface area contributed by atoms with E-state index < -0.39 is 0 Å². The van der Waals surface area contributed by atoms with E-state index in [2.05, 4.69) is 15.3 Å².